The van der Waals surface area contributed by atoms with Crippen LogP contribution in [0.5, 0.6) is 5.75 Å². The zero-order valence-corrected chi connectivity index (χ0v) is 17.7. The first-order chi connectivity index (χ1) is 14.1. The summed E-state index contributed by atoms with van der Waals surface area (Å²) in [5, 5.41) is 13.5. The van der Waals surface area contributed by atoms with Crippen LogP contribution in [0.15, 0.2) is 29.3 Å². The van der Waals surface area contributed by atoms with Crippen LogP contribution in [0.3, 0.4) is 0 Å². The minimum Gasteiger partial charge on any atom is -0.497 e. The number of hydrogen-bond donors (Lipinski definition) is 3. The SMILES string of the molecule is CCNC(=NCc1nc(-c2ccc(OC)cc2)n[nH]1)NCCC(=O)N(CC)CC. The molecule has 158 valence electrons. The average Bonchev–Trinajstić information content (AvgIpc) is 3.22. The highest BCUT2D eigenvalue weighted by Crippen LogP contribution is 2.18. The molecule has 2 aromatic rings. The van der Waals surface area contributed by atoms with Crippen molar-refractivity contribution in [1.82, 2.24) is 30.7 Å². The fourth-order valence-electron chi connectivity index (χ4n) is 2.75. The number of benzene rings is 1. The lowest BCUT2D eigenvalue weighted by atomic mass is 10.2. The summed E-state index contributed by atoms with van der Waals surface area (Å²) >= 11 is 0. The number of carbonyl (C=O) groups is 1. The molecule has 0 saturated carbocycles. The first kappa shape index (κ1) is 22.2. The van der Waals surface area contributed by atoms with Crippen molar-refractivity contribution < 1.29 is 9.53 Å². The van der Waals surface area contributed by atoms with Gasteiger partial charge >= 0.3 is 0 Å². The molecular formula is C20H31N7O2. The molecule has 0 radical (unpaired) electrons. The van der Waals surface area contributed by atoms with Crippen LogP contribution >= 0.6 is 0 Å². The Balaban J connectivity index is 1.92. The Morgan fingerprint density at radius 3 is 2.52 bits per heavy atom. The number of nitrogens with one attached hydrogen (secondary N) is 3. The summed E-state index contributed by atoms with van der Waals surface area (Å²) in [5.41, 5.74) is 0.900. The molecule has 0 aliphatic carbocycles. The number of hydrogen-bond acceptors (Lipinski definition) is 5. The number of carbonyl (C=O) groups excluding carboxylic acids is 1. The van der Waals surface area contributed by atoms with Crippen molar-refractivity contribution >= 4 is 11.9 Å². The van der Waals surface area contributed by atoms with Gasteiger partial charge in [0, 0.05) is 38.2 Å². The molecule has 0 atom stereocenters. The predicted octanol–water partition coefficient (Wildman–Crippen LogP) is 1.79. The van der Waals surface area contributed by atoms with Crippen LogP contribution < -0.4 is 15.4 Å². The van der Waals surface area contributed by atoms with Crippen LogP contribution in [0.25, 0.3) is 11.4 Å². The van der Waals surface area contributed by atoms with Gasteiger partial charge in [-0.2, -0.15) is 5.10 Å². The summed E-state index contributed by atoms with van der Waals surface area (Å²) in [4.78, 5) is 22.9. The Morgan fingerprint density at radius 1 is 1.17 bits per heavy atom. The summed E-state index contributed by atoms with van der Waals surface area (Å²) < 4.78 is 5.17. The molecule has 0 unspecified atom stereocenters. The quantitative estimate of drug-likeness (QED) is 0.414. The number of nitrogens with zero attached hydrogens (tertiary/aromatic N) is 4. The Labute approximate surface area is 172 Å². The maximum Gasteiger partial charge on any atom is 0.224 e. The topological polar surface area (TPSA) is 108 Å². The summed E-state index contributed by atoms with van der Waals surface area (Å²) in [6, 6.07) is 7.56. The molecule has 0 bridgehead atoms. The van der Waals surface area contributed by atoms with Gasteiger partial charge in [-0.25, -0.2) is 9.98 Å². The van der Waals surface area contributed by atoms with Gasteiger partial charge in [0.1, 0.15) is 18.1 Å². The molecule has 2 rings (SSSR count). The van der Waals surface area contributed by atoms with E-state index in [2.05, 4.69) is 30.8 Å². The van der Waals surface area contributed by atoms with Gasteiger partial charge in [0.15, 0.2) is 11.8 Å². The number of H-pyrrole nitrogens is 1. The van der Waals surface area contributed by atoms with Gasteiger partial charge < -0.3 is 20.3 Å². The maximum absolute atomic E-state index is 12.1. The highest BCUT2D eigenvalue weighted by Gasteiger charge is 2.10. The number of ether oxygens (including phenoxy) is 1. The molecule has 3 N–H and O–H groups in total. The minimum absolute atomic E-state index is 0.137. The summed E-state index contributed by atoms with van der Waals surface area (Å²) in [5.74, 6) is 2.84. The molecule has 0 aliphatic rings. The van der Waals surface area contributed by atoms with Crippen molar-refractivity contribution in [1.29, 1.82) is 0 Å². The number of methoxy groups -OCH3 is 1. The van der Waals surface area contributed by atoms with E-state index in [1.807, 2.05) is 49.9 Å². The van der Waals surface area contributed by atoms with Crippen molar-refractivity contribution in [2.45, 2.75) is 33.7 Å². The molecule has 0 fully saturated rings. The summed E-state index contributed by atoms with van der Waals surface area (Å²) in [6.07, 6.45) is 0.427. The van der Waals surface area contributed by atoms with E-state index in [0.717, 1.165) is 30.9 Å². The summed E-state index contributed by atoms with van der Waals surface area (Å²) in [6.45, 7) is 9.02. The van der Waals surface area contributed by atoms with Gasteiger partial charge in [-0.1, -0.05) is 0 Å². The van der Waals surface area contributed by atoms with Crippen molar-refractivity contribution in [2.75, 3.05) is 33.3 Å². The molecule has 9 nitrogen and oxygen atoms in total. The molecule has 1 amide bonds. The molecular weight excluding hydrogens is 370 g/mol. The average molecular weight is 402 g/mol. The number of guanidine groups is 1. The van der Waals surface area contributed by atoms with Gasteiger partial charge in [0.05, 0.1) is 7.11 Å². The predicted molar refractivity (Wildman–Crippen MR) is 114 cm³/mol. The van der Waals surface area contributed by atoms with Crippen LogP contribution in [-0.4, -0.2) is 65.2 Å². The van der Waals surface area contributed by atoms with Gasteiger partial charge in [-0.15, -0.1) is 0 Å². The standard InChI is InChI=1S/C20H31N7O2/c1-5-21-20(22-13-12-18(28)27(6-2)7-3)23-14-17-24-19(26-25-17)15-8-10-16(29-4)11-9-15/h8-11H,5-7,12-14H2,1-4H3,(H2,21,22,23)(H,24,25,26). The maximum atomic E-state index is 12.1. The van der Waals surface area contributed by atoms with Crippen molar-refractivity contribution in [3.63, 3.8) is 0 Å². The van der Waals surface area contributed by atoms with Crippen molar-refractivity contribution in [3.8, 4) is 17.1 Å². The highest BCUT2D eigenvalue weighted by molar-refractivity contribution is 5.81. The second kappa shape index (κ2) is 11.7. The number of aromatic nitrogens is 3. The van der Waals surface area contributed by atoms with Crippen LogP contribution in [0.2, 0.25) is 0 Å². The zero-order chi connectivity index (χ0) is 21.1. The van der Waals surface area contributed by atoms with Crippen LogP contribution in [0.1, 0.15) is 33.0 Å². The van der Waals surface area contributed by atoms with E-state index < -0.39 is 0 Å². The third kappa shape index (κ3) is 6.78. The molecule has 0 saturated heterocycles. The van der Waals surface area contributed by atoms with E-state index in [9.17, 15) is 4.79 Å². The minimum atomic E-state index is 0.137. The van der Waals surface area contributed by atoms with E-state index in [0.29, 0.717) is 37.1 Å². The first-order valence-corrected chi connectivity index (χ1v) is 9.96. The molecule has 0 aliphatic heterocycles. The lowest BCUT2D eigenvalue weighted by molar-refractivity contribution is -0.130. The zero-order valence-electron chi connectivity index (χ0n) is 17.7. The third-order valence-electron chi connectivity index (χ3n) is 4.36. The van der Waals surface area contributed by atoms with Crippen molar-refractivity contribution in [3.05, 3.63) is 30.1 Å². The van der Waals surface area contributed by atoms with Crippen LogP contribution in [0, 0.1) is 0 Å². The second-order valence-corrected chi connectivity index (χ2v) is 6.27. The fraction of sp³-hybridized carbons (Fsp3) is 0.500. The normalized spacial score (nSPS) is 11.2. The fourth-order valence-corrected chi connectivity index (χ4v) is 2.75. The van der Waals surface area contributed by atoms with E-state index in [-0.39, 0.29) is 5.91 Å². The molecule has 1 heterocycles. The van der Waals surface area contributed by atoms with E-state index in [1.165, 1.54) is 0 Å². The van der Waals surface area contributed by atoms with E-state index in [1.54, 1.807) is 7.11 Å². The van der Waals surface area contributed by atoms with Crippen LogP contribution in [-0.2, 0) is 11.3 Å². The van der Waals surface area contributed by atoms with Gasteiger partial charge in [0.25, 0.3) is 0 Å². The Morgan fingerprint density at radius 2 is 1.90 bits per heavy atom. The van der Waals surface area contributed by atoms with Gasteiger partial charge in [-0.05, 0) is 45.0 Å². The Kier molecular flexibility index (Phi) is 8.94. The lowest BCUT2D eigenvalue weighted by Gasteiger charge is -2.19. The largest absolute Gasteiger partial charge is 0.497 e. The van der Waals surface area contributed by atoms with Gasteiger partial charge in [0.2, 0.25) is 5.91 Å². The number of aromatic amines is 1. The monoisotopic (exact) mass is 401 g/mol. The molecule has 9 heteroatoms. The highest BCUT2D eigenvalue weighted by atomic mass is 16.5. The number of rotatable bonds is 10. The van der Waals surface area contributed by atoms with Gasteiger partial charge in [-0.3, -0.25) is 9.89 Å². The smallest absolute Gasteiger partial charge is 0.224 e. The van der Waals surface area contributed by atoms with Crippen LogP contribution in [0.4, 0.5) is 0 Å². The molecule has 0 spiro atoms. The van der Waals surface area contributed by atoms with Crippen molar-refractivity contribution in [2.24, 2.45) is 4.99 Å². The molecule has 1 aromatic heterocycles. The Hall–Kier alpha value is -3.10. The Bertz CT molecular complexity index is 782. The molecule has 1 aromatic carbocycles. The van der Waals surface area contributed by atoms with E-state index in [4.69, 9.17) is 4.74 Å². The van der Waals surface area contributed by atoms with E-state index >= 15 is 0 Å². The summed E-state index contributed by atoms with van der Waals surface area (Å²) in [7, 11) is 1.63. The first-order valence-electron chi connectivity index (χ1n) is 9.96. The number of amides is 1. The third-order valence-corrected chi connectivity index (χ3v) is 4.36. The number of aliphatic imine (C=N–C) groups is 1. The lowest BCUT2D eigenvalue weighted by Crippen LogP contribution is -2.40. The molecule has 29 heavy (non-hydrogen) atoms. The second-order valence-electron chi connectivity index (χ2n) is 6.27.